The van der Waals surface area contributed by atoms with Gasteiger partial charge in [0.25, 0.3) is 11.1 Å². The predicted octanol–water partition coefficient (Wildman–Crippen LogP) is 14.2. The quantitative estimate of drug-likeness (QED) is 0.0538. The highest BCUT2D eigenvalue weighted by molar-refractivity contribution is 6.22. The fourth-order valence-electron chi connectivity index (χ4n) is 12.8. The monoisotopic (exact) mass is 1250 g/mol. The molecule has 0 aliphatic rings. The van der Waals surface area contributed by atoms with Gasteiger partial charge in [0.2, 0.25) is 12.3 Å². The maximum Gasteiger partial charge on any atom is 0.417 e. The molecule has 0 bridgehead atoms. The van der Waals surface area contributed by atoms with Gasteiger partial charge in [-0.1, -0.05) is 42.5 Å². The van der Waals surface area contributed by atoms with Crippen LogP contribution in [0.15, 0.2) is 183 Å². The molecule has 21 heteroatoms. The van der Waals surface area contributed by atoms with Gasteiger partial charge in [0.1, 0.15) is 0 Å². The number of alkyl halides is 5. The topological polar surface area (TPSA) is 214 Å². The maximum absolute atomic E-state index is 12.7. The van der Waals surface area contributed by atoms with Crippen molar-refractivity contribution in [2.24, 2.45) is 5.73 Å². The summed E-state index contributed by atoms with van der Waals surface area (Å²) in [6, 6.07) is 45.1. The molecule has 5 N–H and O–H groups in total. The molecule has 0 unspecified atom stereocenters. The summed E-state index contributed by atoms with van der Waals surface area (Å²) in [7, 11) is 0. The number of H-pyrrole nitrogens is 2. The van der Waals surface area contributed by atoms with Gasteiger partial charge < -0.3 is 43.1 Å². The number of aliphatic hydroxyl groups excluding tert-OH is 1. The van der Waals surface area contributed by atoms with E-state index >= 15 is 0 Å². The Morgan fingerprint density at radius 3 is 1.78 bits per heavy atom. The Bertz CT molecular complexity index is 5500. The number of carbonyl (C=O) groups is 2. The van der Waals surface area contributed by atoms with Gasteiger partial charge >= 0.3 is 5.76 Å². The standard InChI is InChI=1S/C20H19FN2O2.C18H17FN2O2.C17H13F2N3O.C16H13FN2O2/c21-9-3-10-23-17-5-2-1-4-16(17)19-14-8-11-22(12-13-24)20(25)15(14)6-7-18(19)23;1-11(22)12-6-7-15-14(10-12)17-13(18(20)23)4-2-5-16(17)21(15)9-3-8-19;18-14(19)6-9-22-12-4-3-11-10(5-8-21-17(11)23)15(12)16-13(22)2-1-7-20-16;17-8-3-9-19-12-5-2-1-4-10(12)14-13(19)7-6-11-15(14)21-16(20)18-11/h1-2,4-8,11,24H,3,9-10,12-13H2;2,4-7,10H,3,8-9H2,1H3,(H2,20,23);1-5,7-8,14H,6,9H2,(H,21,23);1-2,4-7H,3,8-9H2,(H,18,20). The van der Waals surface area contributed by atoms with E-state index in [0.29, 0.717) is 71.9 Å². The lowest BCUT2D eigenvalue weighted by Crippen LogP contribution is -2.21. The van der Waals surface area contributed by atoms with Crippen molar-refractivity contribution in [3.05, 3.63) is 207 Å². The molecular formula is C71H62F5N9O7. The number of hydrogen-bond donors (Lipinski definition) is 4. The zero-order chi connectivity index (χ0) is 64.3. The van der Waals surface area contributed by atoms with Gasteiger partial charge in [-0.3, -0.25) is 42.3 Å². The zero-order valence-electron chi connectivity index (χ0n) is 49.9. The number of pyridine rings is 3. The number of hydrogen-bond acceptors (Lipinski definition) is 8. The summed E-state index contributed by atoms with van der Waals surface area (Å²) in [5.41, 5.74) is 15.5. The van der Waals surface area contributed by atoms with E-state index in [0.717, 1.165) is 98.1 Å². The summed E-state index contributed by atoms with van der Waals surface area (Å²) in [4.78, 5) is 69.3. The number of aryl methyl sites for hydroxylation is 4. The SMILES string of the molecule is CC(=O)c1ccc2c(c1)c1c(C(N)=O)cccc1n2CCCF.O=c1[nH]c2ccc3c(c4ccccc4n3CCCF)c2o1.O=c1[nH]ccc2c1ccc1c2c2ncccc2n1CCC(F)F.O=c1c2ccc3c(c2ccn1CCO)c1ccccc1n3CCCF. The number of nitrogens with zero attached hydrogens (tertiary/aromatic N) is 6. The number of aromatic amines is 2. The number of halogens is 5. The average Bonchev–Trinajstić information content (AvgIpc) is 1.60. The minimum absolute atomic E-state index is 0.0480. The van der Waals surface area contributed by atoms with Crippen LogP contribution in [-0.2, 0) is 32.7 Å². The fourth-order valence-corrected chi connectivity index (χ4v) is 12.8. The van der Waals surface area contributed by atoms with Gasteiger partial charge in [-0.15, -0.1) is 0 Å². The Morgan fingerprint density at radius 2 is 1.13 bits per heavy atom. The van der Waals surface area contributed by atoms with E-state index < -0.39 is 24.8 Å². The van der Waals surface area contributed by atoms with Crippen molar-refractivity contribution >= 4 is 132 Å². The number of nitrogens with one attached hydrogen (secondary N) is 2. The summed E-state index contributed by atoms with van der Waals surface area (Å²) in [5, 5.41) is 18.4. The zero-order valence-corrected chi connectivity index (χ0v) is 49.9. The van der Waals surface area contributed by atoms with Crippen molar-refractivity contribution in [3.63, 3.8) is 0 Å². The highest BCUT2D eigenvalue weighted by Gasteiger charge is 2.21. The first-order valence-corrected chi connectivity index (χ1v) is 30.1. The molecule has 92 heavy (non-hydrogen) atoms. The Morgan fingerprint density at radius 1 is 0.565 bits per heavy atom. The summed E-state index contributed by atoms with van der Waals surface area (Å²) in [6.07, 6.45) is 3.72. The number of para-hydroxylation sites is 2. The van der Waals surface area contributed by atoms with Crippen LogP contribution in [0, 0.1) is 0 Å². The van der Waals surface area contributed by atoms with E-state index in [1.807, 2.05) is 112 Å². The number of benzene rings is 7. The van der Waals surface area contributed by atoms with E-state index in [1.54, 1.807) is 61.1 Å². The van der Waals surface area contributed by atoms with Gasteiger partial charge in [-0.2, -0.15) is 0 Å². The normalized spacial score (nSPS) is 11.7. The second-order valence-electron chi connectivity index (χ2n) is 22.2. The number of primary amides is 1. The average molecular weight is 1250 g/mol. The number of ketones is 1. The summed E-state index contributed by atoms with van der Waals surface area (Å²) in [5.74, 6) is -1.03. The molecule has 7 aromatic carbocycles. The minimum atomic E-state index is -2.36. The first-order chi connectivity index (χ1) is 44.8. The molecule has 16 nitrogen and oxygen atoms in total. The van der Waals surface area contributed by atoms with Crippen molar-refractivity contribution < 1.29 is 41.1 Å². The number of nitrogens with two attached hydrogens (primary N) is 1. The van der Waals surface area contributed by atoms with Crippen molar-refractivity contribution in [2.75, 3.05) is 26.6 Å². The number of aliphatic hydroxyl groups is 1. The molecule has 468 valence electrons. The first-order valence-electron chi connectivity index (χ1n) is 30.1. The van der Waals surface area contributed by atoms with Crippen LogP contribution in [-0.4, -0.2) is 87.6 Å². The molecule has 0 fully saturated rings. The van der Waals surface area contributed by atoms with Crippen LogP contribution in [0.5, 0.6) is 0 Å². The Labute approximate surface area is 519 Å². The molecule has 0 atom stereocenters. The van der Waals surface area contributed by atoms with Crippen LogP contribution < -0.4 is 22.6 Å². The van der Waals surface area contributed by atoms with E-state index in [1.165, 1.54) is 11.5 Å². The number of Topliss-reactive ketones (excluding diaryl/α,β-unsaturated/α-hetero) is 1. The highest BCUT2D eigenvalue weighted by Crippen LogP contribution is 2.38. The largest absolute Gasteiger partial charge is 0.417 e. The molecule has 0 aliphatic heterocycles. The lowest BCUT2D eigenvalue weighted by molar-refractivity contribution is 0.0997. The number of fused-ring (bicyclic) bond motifs is 18. The fraction of sp³-hybridized carbons (Fsp3) is 0.211. The number of oxazole rings is 1. The molecule has 0 saturated carbocycles. The third-order valence-corrected chi connectivity index (χ3v) is 16.8. The van der Waals surface area contributed by atoms with Crippen LogP contribution in [0.25, 0.3) is 120 Å². The van der Waals surface area contributed by atoms with Crippen LogP contribution in [0.1, 0.15) is 53.3 Å². The van der Waals surface area contributed by atoms with Gasteiger partial charge in [-0.05, 0) is 135 Å². The molecule has 15 aromatic rings. The third-order valence-electron chi connectivity index (χ3n) is 16.8. The summed E-state index contributed by atoms with van der Waals surface area (Å²) >= 11 is 0. The van der Waals surface area contributed by atoms with E-state index in [9.17, 15) is 45.9 Å². The lowest BCUT2D eigenvalue weighted by Gasteiger charge is -2.08. The number of aromatic nitrogens is 8. The Kier molecular flexibility index (Phi) is 17.7. The minimum Gasteiger partial charge on any atom is -0.407 e. The molecule has 0 aliphatic carbocycles. The lowest BCUT2D eigenvalue weighted by atomic mass is 10.0. The van der Waals surface area contributed by atoms with Crippen molar-refractivity contribution in [1.82, 2.24) is 37.8 Å². The second kappa shape index (κ2) is 26.4. The van der Waals surface area contributed by atoms with Crippen LogP contribution in [0.4, 0.5) is 22.0 Å². The molecular weight excluding hydrogens is 1190 g/mol. The van der Waals surface area contributed by atoms with Gasteiger partial charge in [0, 0.05) is 145 Å². The van der Waals surface area contributed by atoms with Crippen molar-refractivity contribution in [2.45, 2.75) is 71.8 Å². The van der Waals surface area contributed by atoms with Crippen molar-refractivity contribution in [3.8, 4) is 0 Å². The number of amides is 1. The third kappa shape index (κ3) is 11.3. The predicted molar refractivity (Wildman–Crippen MR) is 354 cm³/mol. The highest BCUT2D eigenvalue weighted by atomic mass is 19.3. The molecule has 15 rings (SSSR count). The van der Waals surface area contributed by atoms with E-state index in [4.69, 9.17) is 15.3 Å². The summed E-state index contributed by atoms with van der Waals surface area (Å²) in [6.45, 7) is 2.50. The molecule has 0 saturated heterocycles. The van der Waals surface area contributed by atoms with E-state index in [-0.39, 0.29) is 56.4 Å². The van der Waals surface area contributed by atoms with Crippen LogP contribution in [0.2, 0.25) is 0 Å². The summed E-state index contributed by atoms with van der Waals surface area (Å²) < 4.78 is 78.1. The van der Waals surface area contributed by atoms with Gasteiger partial charge in [0.05, 0.1) is 59.6 Å². The first kappa shape index (κ1) is 61.6. The molecule has 0 radical (unpaired) electrons. The van der Waals surface area contributed by atoms with Crippen LogP contribution >= 0.6 is 0 Å². The van der Waals surface area contributed by atoms with E-state index in [2.05, 4.69) is 24.1 Å². The Hall–Kier alpha value is -10.7. The molecule has 8 aromatic heterocycles. The smallest absolute Gasteiger partial charge is 0.407 e. The molecule has 1 amide bonds. The Balaban J connectivity index is 0.000000118. The molecule has 0 spiro atoms. The van der Waals surface area contributed by atoms with Gasteiger partial charge in [-0.25, -0.2) is 13.6 Å². The second-order valence-corrected chi connectivity index (χ2v) is 22.2. The van der Waals surface area contributed by atoms with Crippen LogP contribution in [0.3, 0.4) is 0 Å². The number of rotatable bonds is 16. The molecule has 8 heterocycles. The van der Waals surface area contributed by atoms with Gasteiger partial charge in [0.15, 0.2) is 11.4 Å². The maximum atomic E-state index is 12.7. The van der Waals surface area contributed by atoms with Crippen molar-refractivity contribution in [1.29, 1.82) is 0 Å². The number of carbonyl (C=O) groups excluding carboxylic acids is 2.